The van der Waals surface area contributed by atoms with Crippen LogP contribution in [0.25, 0.3) is 0 Å². The summed E-state index contributed by atoms with van der Waals surface area (Å²) in [5, 5.41) is 15.3. The van der Waals surface area contributed by atoms with Crippen molar-refractivity contribution in [1.82, 2.24) is 10.2 Å². The fraction of sp³-hybridized carbons (Fsp3) is 0.500. The quantitative estimate of drug-likeness (QED) is 0.869. The topological polar surface area (TPSA) is 92.2 Å². The Kier molecular flexibility index (Phi) is 2.97. The van der Waals surface area contributed by atoms with Gasteiger partial charge in [-0.05, 0) is 6.42 Å². The molecule has 1 aromatic heterocycles. The van der Waals surface area contributed by atoms with E-state index < -0.39 is 34.9 Å². The highest BCUT2D eigenvalue weighted by atomic mass is 32.1. The SMILES string of the molecule is O=C(Nc1nnc(C(F)(F)F)s1)[C@H]1C[C@H]1C(=O)O. The molecular formula is C8H6F3N3O3S. The maximum atomic E-state index is 12.2. The number of rotatable bonds is 3. The molecule has 1 aliphatic rings. The number of aliphatic carboxylic acids is 1. The molecule has 2 rings (SSSR count). The number of alkyl halides is 3. The van der Waals surface area contributed by atoms with Gasteiger partial charge in [0.15, 0.2) is 0 Å². The number of hydrogen-bond acceptors (Lipinski definition) is 5. The van der Waals surface area contributed by atoms with E-state index in [0.717, 1.165) is 0 Å². The second kappa shape index (κ2) is 4.19. The van der Waals surface area contributed by atoms with E-state index in [1.165, 1.54) is 0 Å². The Labute approximate surface area is 102 Å². The van der Waals surface area contributed by atoms with Crippen molar-refractivity contribution < 1.29 is 27.9 Å². The fourth-order valence-electron chi connectivity index (χ4n) is 1.34. The average molecular weight is 281 g/mol. The first kappa shape index (κ1) is 12.7. The monoisotopic (exact) mass is 281 g/mol. The Morgan fingerprint density at radius 1 is 1.33 bits per heavy atom. The molecule has 0 radical (unpaired) electrons. The summed E-state index contributed by atoms with van der Waals surface area (Å²) in [6, 6.07) is 0. The van der Waals surface area contributed by atoms with Gasteiger partial charge < -0.3 is 10.4 Å². The molecule has 1 fully saturated rings. The minimum atomic E-state index is -4.61. The van der Waals surface area contributed by atoms with E-state index in [1.54, 1.807) is 0 Å². The summed E-state index contributed by atoms with van der Waals surface area (Å²) in [5.41, 5.74) is 0. The van der Waals surface area contributed by atoms with Crippen LogP contribution < -0.4 is 5.32 Å². The molecule has 2 atom stereocenters. The fourth-order valence-corrected chi connectivity index (χ4v) is 1.96. The molecule has 98 valence electrons. The van der Waals surface area contributed by atoms with Gasteiger partial charge in [0.25, 0.3) is 0 Å². The molecule has 18 heavy (non-hydrogen) atoms. The molecule has 1 amide bonds. The first-order chi connectivity index (χ1) is 8.29. The molecule has 6 nitrogen and oxygen atoms in total. The molecule has 2 N–H and O–H groups in total. The lowest BCUT2D eigenvalue weighted by Crippen LogP contribution is -2.16. The van der Waals surface area contributed by atoms with Crippen LogP contribution in [0.3, 0.4) is 0 Å². The summed E-state index contributed by atoms with van der Waals surface area (Å²) in [5.74, 6) is -3.21. The molecule has 0 bridgehead atoms. The number of hydrogen-bond donors (Lipinski definition) is 2. The van der Waals surface area contributed by atoms with Crippen molar-refractivity contribution in [3.05, 3.63) is 5.01 Å². The summed E-state index contributed by atoms with van der Waals surface area (Å²) in [6.45, 7) is 0. The molecule has 1 aliphatic carbocycles. The van der Waals surface area contributed by atoms with Gasteiger partial charge in [-0.2, -0.15) is 13.2 Å². The van der Waals surface area contributed by atoms with Crippen LogP contribution in [-0.2, 0) is 15.8 Å². The zero-order chi connectivity index (χ0) is 13.5. The molecule has 1 heterocycles. The van der Waals surface area contributed by atoms with Crippen LogP contribution >= 0.6 is 11.3 Å². The van der Waals surface area contributed by atoms with E-state index in [1.807, 2.05) is 0 Å². The number of anilines is 1. The maximum Gasteiger partial charge on any atom is 0.445 e. The summed E-state index contributed by atoms with van der Waals surface area (Å²) in [4.78, 5) is 21.9. The Balaban J connectivity index is 1.97. The third-order valence-electron chi connectivity index (χ3n) is 2.34. The van der Waals surface area contributed by atoms with Crippen LogP contribution in [0.15, 0.2) is 0 Å². The van der Waals surface area contributed by atoms with Crippen LogP contribution in [-0.4, -0.2) is 27.2 Å². The van der Waals surface area contributed by atoms with Crippen molar-refractivity contribution >= 4 is 28.3 Å². The summed E-state index contributed by atoms with van der Waals surface area (Å²) < 4.78 is 36.6. The minimum absolute atomic E-state index is 0.187. The molecule has 0 saturated heterocycles. The lowest BCUT2D eigenvalue weighted by molar-refractivity contribution is -0.140. The molecule has 10 heteroatoms. The molecule has 1 aromatic rings. The first-order valence-electron chi connectivity index (χ1n) is 4.73. The lowest BCUT2D eigenvalue weighted by atomic mass is 10.3. The standard InChI is InChI=1S/C8H6F3N3O3S/c9-8(10,11)6-13-14-7(18-6)12-4(15)2-1-3(2)5(16)17/h2-3H,1H2,(H,16,17)(H,12,14,15)/t2-,3+/m0/s1. The highest BCUT2D eigenvalue weighted by Gasteiger charge is 2.48. The second-order valence-electron chi connectivity index (χ2n) is 3.69. The minimum Gasteiger partial charge on any atom is -0.481 e. The number of carbonyl (C=O) groups excluding carboxylic acids is 1. The Morgan fingerprint density at radius 2 is 2.00 bits per heavy atom. The van der Waals surface area contributed by atoms with Gasteiger partial charge >= 0.3 is 12.1 Å². The van der Waals surface area contributed by atoms with Gasteiger partial charge in [0, 0.05) is 0 Å². The van der Waals surface area contributed by atoms with Crippen LogP contribution in [0.1, 0.15) is 11.4 Å². The van der Waals surface area contributed by atoms with Crippen molar-refractivity contribution in [1.29, 1.82) is 0 Å². The zero-order valence-corrected chi connectivity index (χ0v) is 9.38. The van der Waals surface area contributed by atoms with Gasteiger partial charge in [-0.25, -0.2) is 0 Å². The number of amides is 1. The maximum absolute atomic E-state index is 12.2. The van der Waals surface area contributed by atoms with Crippen molar-refractivity contribution in [3.8, 4) is 0 Å². The van der Waals surface area contributed by atoms with E-state index in [2.05, 4.69) is 15.5 Å². The molecule has 0 aromatic carbocycles. The van der Waals surface area contributed by atoms with Crippen LogP contribution in [0, 0.1) is 11.8 Å². The van der Waals surface area contributed by atoms with Gasteiger partial charge in [-0.15, -0.1) is 10.2 Å². The van der Waals surface area contributed by atoms with Crippen molar-refractivity contribution in [2.24, 2.45) is 11.8 Å². The molecule has 0 unspecified atom stereocenters. The number of halogens is 3. The predicted octanol–water partition coefficient (Wildman–Crippen LogP) is 1.22. The van der Waals surface area contributed by atoms with Crippen molar-refractivity contribution in [2.75, 3.05) is 5.32 Å². The van der Waals surface area contributed by atoms with E-state index in [4.69, 9.17) is 5.11 Å². The smallest absolute Gasteiger partial charge is 0.445 e. The first-order valence-corrected chi connectivity index (χ1v) is 5.55. The Morgan fingerprint density at radius 3 is 2.44 bits per heavy atom. The Bertz CT molecular complexity index is 501. The van der Waals surface area contributed by atoms with Gasteiger partial charge in [-0.1, -0.05) is 11.3 Å². The number of aromatic nitrogens is 2. The summed E-state index contributed by atoms with van der Waals surface area (Å²) >= 11 is 0.196. The highest BCUT2D eigenvalue weighted by Crippen LogP contribution is 2.40. The summed E-state index contributed by atoms with van der Waals surface area (Å²) in [6.07, 6.45) is -4.42. The van der Waals surface area contributed by atoms with E-state index in [9.17, 15) is 22.8 Å². The molecule has 1 saturated carbocycles. The number of carbonyl (C=O) groups is 2. The van der Waals surface area contributed by atoms with Crippen LogP contribution in [0.4, 0.5) is 18.3 Å². The molecule has 0 aliphatic heterocycles. The van der Waals surface area contributed by atoms with E-state index in [0.29, 0.717) is 0 Å². The summed E-state index contributed by atoms with van der Waals surface area (Å²) in [7, 11) is 0. The normalized spacial score (nSPS) is 22.6. The van der Waals surface area contributed by atoms with Gasteiger partial charge in [0.05, 0.1) is 11.8 Å². The van der Waals surface area contributed by atoms with Crippen molar-refractivity contribution in [3.63, 3.8) is 0 Å². The van der Waals surface area contributed by atoms with Crippen LogP contribution in [0.2, 0.25) is 0 Å². The molecular weight excluding hydrogens is 275 g/mol. The van der Waals surface area contributed by atoms with Crippen LogP contribution in [0.5, 0.6) is 0 Å². The lowest BCUT2D eigenvalue weighted by Gasteiger charge is -1.99. The zero-order valence-electron chi connectivity index (χ0n) is 8.56. The Hall–Kier alpha value is -1.71. The number of carboxylic acid groups (broad SMARTS) is 1. The van der Waals surface area contributed by atoms with Gasteiger partial charge in [-0.3, -0.25) is 9.59 Å². The average Bonchev–Trinajstić information content (AvgIpc) is 2.91. The number of nitrogens with zero attached hydrogens (tertiary/aromatic N) is 2. The van der Waals surface area contributed by atoms with E-state index in [-0.39, 0.29) is 22.9 Å². The second-order valence-corrected chi connectivity index (χ2v) is 4.66. The van der Waals surface area contributed by atoms with Crippen molar-refractivity contribution in [2.45, 2.75) is 12.6 Å². The molecule has 0 spiro atoms. The van der Waals surface area contributed by atoms with E-state index >= 15 is 0 Å². The third-order valence-corrected chi connectivity index (χ3v) is 3.23. The predicted molar refractivity (Wildman–Crippen MR) is 52.8 cm³/mol. The number of nitrogens with one attached hydrogen (secondary N) is 1. The largest absolute Gasteiger partial charge is 0.481 e. The number of carboxylic acids is 1. The van der Waals surface area contributed by atoms with Gasteiger partial charge in [0.1, 0.15) is 0 Å². The highest BCUT2D eigenvalue weighted by molar-refractivity contribution is 7.15. The van der Waals surface area contributed by atoms with Gasteiger partial charge in [0.2, 0.25) is 16.0 Å². The third kappa shape index (κ3) is 2.58.